The summed E-state index contributed by atoms with van der Waals surface area (Å²) in [5, 5.41) is 10.6. The Labute approximate surface area is 198 Å². The Morgan fingerprint density at radius 3 is 2.53 bits per heavy atom. The lowest BCUT2D eigenvalue weighted by Crippen LogP contribution is -2.06. The highest BCUT2D eigenvalue weighted by molar-refractivity contribution is 9.10. The molecule has 0 aliphatic carbocycles. The molecule has 0 amide bonds. The molecule has 0 atom stereocenters. The van der Waals surface area contributed by atoms with Crippen LogP contribution in [0.25, 0.3) is 22.2 Å². The molecule has 0 aliphatic heterocycles. The Balaban J connectivity index is 1.45. The van der Waals surface area contributed by atoms with Crippen molar-refractivity contribution >= 4 is 50.0 Å². The second kappa shape index (κ2) is 8.22. The number of aryl methyl sites for hydroxylation is 2. The molecule has 5 aromatic rings. The number of benzene rings is 2. The van der Waals surface area contributed by atoms with E-state index in [1.807, 2.05) is 66.8 Å². The van der Waals surface area contributed by atoms with Gasteiger partial charge in [-0.3, -0.25) is 9.20 Å². The van der Waals surface area contributed by atoms with Crippen molar-refractivity contribution in [1.29, 1.82) is 0 Å². The molecule has 0 fully saturated rings. The Hall–Kier alpha value is -2.90. The summed E-state index contributed by atoms with van der Waals surface area (Å²) in [5.41, 5.74) is 6.77. The number of rotatable bonds is 5. The second-order valence-corrected chi connectivity index (χ2v) is 9.69. The first-order valence-electron chi connectivity index (χ1n) is 10.3. The number of para-hydroxylation sites is 1. The maximum atomic E-state index is 13.2. The summed E-state index contributed by atoms with van der Waals surface area (Å²) in [6, 6.07) is 20.3. The largest absolute Gasteiger partial charge is 0.318 e. The Morgan fingerprint density at radius 2 is 1.75 bits per heavy atom. The van der Waals surface area contributed by atoms with Gasteiger partial charge in [0.2, 0.25) is 0 Å². The molecule has 0 bridgehead atoms. The number of aromatic nitrogens is 4. The van der Waals surface area contributed by atoms with E-state index in [1.54, 1.807) is 0 Å². The summed E-state index contributed by atoms with van der Waals surface area (Å²) in [6.07, 6.45) is 0. The fourth-order valence-electron chi connectivity index (χ4n) is 4.21. The normalized spacial score (nSPS) is 11.5. The lowest BCUT2D eigenvalue weighted by molar-refractivity contribution is 0.102. The molecule has 0 aliphatic rings. The molecule has 0 saturated carbocycles. The number of Topliss-reactive ketones (excluding diaryl/α,β-unsaturated/α-hetero) is 1. The standard InChI is InChI=1S/C25H21BrN4OS/c1-15-12-24-27-28-25(30(24)22-7-5-4-6-20(15)22)32-14-23(31)21-13-16(2)29(17(21)3)19-10-8-18(26)9-11-19/h4-13H,14H2,1-3H3. The molecular weight excluding hydrogens is 484 g/mol. The number of hydrogen-bond donors (Lipinski definition) is 0. The fourth-order valence-corrected chi connectivity index (χ4v) is 5.31. The summed E-state index contributed by atoms with van der Waals surface area (Å²) in [4.78, 5) is 13.2. The highest BCUT2D eigenvalue weighted by Crippen LogP contribution is 2.28. The lowest BCUT2D eigenvalue weighted by atomic mass is 10.1. The van der Waals surface area contributed by atoms with E-state index in [0.717, 1.165) is 54.4 Å². The highest BCUT2D eigenvalue weighted by Gasteiger charge is 2.19. The van der Waals surface area contributed by atoms with Gasteiger partial charge < -0.3 is 4.57 Å². The second-order valence-electron chi connectivity index (χ2n) is 7.83. The first-order chi connectivity index (χ1) is 15.4. The molecule has 32 heavy (non-hydrogen) atoms. The molecule has 2 aromatic carbocycles. The van der Waals surface area contributed by atoms with E-state index in [4.69, 9.17) is 0 Å². The number of carbonyl (C=O) groups is 1. The highest BCUT2D eigenvalue weighted by atomic mass is 79.9. The van der Waals surface area contributed by atoms with Crippen molar-refractivity contribution in [1.82, 2.24) is 19.2 Å². The van der Waals surface area contributed by atoms with Crippen LogP contribution in [0.2, 0.25) is 0 Å². The van der Waals surface area contributed by atoms with Crippen LogP contribution >= 0.6 is 27.7 Å². The van der Waals surface area contributed by atoms with Gasteiger partial charge in [0.05, 0.1) is 11.3 Å². The zero-order chi connectivity index (χ0) is 22.4. The van der Waals surface area contributed by atoms with Crippen LogP contribution in [0.4, 0.5) is 0 Å². The quantitative estimate of drug-likeness (QED) is 0.207. The number of carbonyl (C=O) groups excluding carboxylic acids is 1. The number of hydrogen-bond acceptors (Lipinski definition) is 4. The first kappa shape index (κ1) is 21.0. The third-order valence-electron chi connectivity index (χ3n) is 5.72. The fraction of sp³-hybridized carbons (Fsp3) is 0.160. The summed E-state index contributed by atoms with van der Waals surface area (Å²) in [7, 11) is 0. The molecule has 160 valence electrons. The van der Waals surface area contributed by atoms with E-state index >= 15 is 0 Å². The maximum absolute atomic E-state index is 13.2. The van der Waals surface area contributed by atoms with Crippen molar-refractivity contribution in [2.75, 3.05) is 5.75 Å². The summed E-state index contributed by atoms with van der Waals surface area (Å²) >= 11 is 4.91. The van der Waals surface area contributed by atoms with Gasteiger partial charge in [-0.15, -0.1) is 10.2 Å². The molecule has 0 spiro atoms. The van der Waals surface area contributed by atoms with Crippen LogP contribution in [0.3, 0.4) is 0 Å². The van der Waals surface area contributed by atoms with Crippen molar-refractivity contribution in [2.45, 2.75) is 25.9 Å². The van der Waals surface area contributed by atoms with Gasteiger partial charge in [0, 0.05) is 32.5 Å². The number of pyridine rings is 1. The minimum atomic E-state index is 0.0830. The topological polar surface area (TPSA) is 52.2 Å². The first-order valence-corrected chi connectivity index (χ1v) is 12.1. The lowest BCUT2D eigenvalue weighted by Gasteiger charge is -2.10. The van der Waals surface area contributed by atoms with Crippen molar-refractivity contribution in [3.05, 3.63) is 87.7 Å². The average molecular weight is 505 g/mol. The van der Waals surface area contributed by atoms with E-state index in [9.17, 15) is 4.79 Å². The van der Waals surface area contributed by atoms with Crippen LogP contribution in [-0.4, -0.2) is 30.7 Å². The molecular formula is C25H21BrN4OS. The van der Waals surface area contributed by atoms with E-state index in [0.29, 0.717) is 5.75 Å². The van der Waals surface area contributed by atoms with Crippen molar-refractivity contribution in [3.8, 4) is 5.69 Å². The molecule has 3 heterocycles. The van der Waals surface area contributed by atoms with Gasteiger partial charge in [-0.05, 0) is 68.8 Å². The molecule has 0 radical (unpaired) electrons. The zero-order valence-electron chi connectivity index (χ0n) is 18.0. The Morgan fingerprint density at radius 1 is 1.00 bits per heavy atom. The van der Waals surface area contributed by atoms with Gasteiger partial charge in [0.1, 0.15) is 0 Å². The van der Waals surface area contributed by atoms with Crippen LogP contribution in [0.5, 0.6) is 0 Å². The minimum absolute atomic E-state index is 0.0830. The van der Waals surface area contributed by atoms with Gasteiger partial charge >= 0.3 is 0 Å². The van der Waals surface area contributed by atoms with Crippen molar-refractivity contribution in [3.63, 3.8) is 0 Å². The van der Waals surface area contributed by atoms with Gasteiger partial charge in [-0.25, -0.2) is 0 Å². The SMILES string of the molecule is Cc1cc2nnc(SCC(=O)c3cc(C)n(-c4ccc(Br)cc4)c3C)n2c2ccccc12. The summed E-state index contributed by atoms with van der Waals surface area (Å²) in [5.74, 6) is 0.382. The Kier molecular flexibility index (Phi) is 5.39. The minimum Gasteiger partial charge on any atom is -0.318 e. The summed E-state index contributed by atoms with van der Waals surface area (Å²) in [6.45, 7) is 6.10. The molecule has 7 heteroatoms. The van der Waals surface area contributed by atoms with Gasteiger partial charge in [0.25, 0.3) is 0 Å². The van der Waals surface area contributed by atoms with E-state index in [1.165, 1.54) is 11.8 Å². The van der Waals surface area contributed by atoms with E-state index in [-0.39, 0.29) is 5.78 Å². The average Bonchev–Trinajstić information content (AvgIpc) is 3.33. The molecule has 5 rings (SSSR count). The third kappa shape index (κ3) is 3.55. The predicted octanol–water partition coefficient (Wildman–Crippen LogP) is 6.34. The van der Waals surface area contributed by atoms with Gasteiger partial charge in [0.15, 0.2) is 16.6 Å². The van der Waals surface area contributed by atoms with Crippen LogP contribution in [0.15, 0.2) is 70.3 Å². The monoisotopic (exact) mass is 504 g/mol. The van der Waals surface area contributed by atoms with Gasteiger partial charge in [-0.2, -0.15) is 0 Å². The number of ketones is 1. The smallest absolute Gasteiger partial charge is 0.196 e. The number of thioether (sulfide) groups is 1. The number of fused-ring (bicyclic) bond motifs is 3. The van der Waals surface area contributed by atoms with Crippen LogP contribution in [0.1, 0.15) is 27.3 Å². The van der Waals surface area contributed by atoms with Gasteiger partial charge in [-0.1, -0.05) is 45.9 Å². The van der Waals surface area contributed by atoms with Crippen LogP contribution in [0, 0.1) is 20.8 Å². The number of nitrogens with zero attached hydrogens (tertiary/aromatic N) is 4. The molecule has 5 nitrogen and oxygen atoms in total. The molecule has 3 aromatic heterocycles. The van der Waals surface area contributed by atoms with Crippen molar-refractivity contribution < 1.29 is 4.79 Å². The molecule has 0 N–H and O–H groups in total. The van der Waals surface area contributed by atoms with Crippen LogP contribution in [-0.2, 0) is 0 Å². The molecule has 0 unspecified atom stereocenters. The third-order valence-corrected chi connectivity index (χ3v) is 7.18. The summed E-state index contributed by atoms with van der Waals surface area (Å²) < 4.78 is 5.18. The van der Waals surface area contributed by atoms with Crippen LogP contribution < -0.4 is 0 Å². The maximum Gasteiger partial charge on any atom is 0.196 e. The zero-order valence-corrected chi connectivity index (χ0v) is 20.4. The number of halogens is 1. The predicted molar refractivity (Wildman–Crippen MR) is 133 cm³/mol. The van der Waals surface area contributed by atoms with Crippen molar-refractivity contribution in [2.24, 2.45) is 0 Å². The van der Waals surface area contributed by atoms with E-state index in [2.05, 4.69) is 49.8 Å². The Bertz CT molecular complexity index is 1480. The van der Waals surface area contributed by atoms with E-state index < -0.39 is 0 Å². The molecule has 0 saturated heterocycles.